The van der Waals surface area contributed by atoms with Crippen LogP contribution in [0.5, 0.6) is 0 Å². The zero-order chi connectivity index (χ0) is 80.3. The lowest BCUT2D eigenvalue weighted by Gasteiger charge is -2.14. The molecule has 0 spiro atoms. The van der Waals surface area contributed by atoms with Crippen LogP contribution in [0, 0.1) is 0 Å². The van der Waals surface area contributed by atoms with Crippen molar-refractivity contribution in [1.29, 1.82) is 0 Å². The first kappa shape index (κ1) is 69.8. The Bertz CT molecular complexity index is 8310. The van der Waals surface area contributed by atoms with Gasteiger partial charge in [0.25, 0.3) is 0 Å². The minimum absolute atomic E-state index is 0.637. The first-order chi connectivity index (χ1) is 60.5. The molecule has 0 N–H and O–H groups in total. The third kappa shape index (κ3) is 11.7. The molecule has 8 heteroatoms. The molecular formula is C114H72N8. The number of hydrogen-bond donors (Lipinski definition) is 0. The van der Waals surface area contributed by atoms with Crippen LogP contribution in [0.2, 0.25) is 0 Å². The second-order valence-corrected chi connectivity index (χ2v) is 31.6. The second kappa shape index (κ2) is 28.7. The number of benzene rings is 19. The molecule has 568 valence electrons. The lowest BCUT2D eigenvalue weighted by atomic mass is 9.99. The summed E-state index contributed by atoms with van der Waals surface area (Å²) in [6, 6.07) is 157. The third-order valence-corrected chi connectivity index (χ3v) is 24.7. The molecule has 0 amide bonds. The Morgan fingerprint density at radius 3 is 0.697 bits per heavy atom. The van der Waals surface area contributed by atoms with Crippen molar-refractivity contribution in [2.45, 2.75) is 0 Å². The number of hydrogen-bond acceptors (Lipinski definition) is 4. The molecular weight excluding hydrogens is 1480 g/mol. The van der Waals surface area contributed by atoms with Gasteiger partial charge in [-0.25, -0.2) is 19.9 Å². The highest BCUT2D eigenvalue weighted by molar-refractivity contribution is 6.16. The third-order valence-electron chi connectivity index (χ3n) is 24.7. The van der Waals surface area contributed by atoms with E-state index < -0.39 is 0 Å². The van der Waals surface area contributed by atoms with E-state index in [0.717, 1.165) is 133 Å². The molecule has 122 heavy (non-hydrogen) atoms. The molecule has 25 aromatic rings. The van der Waals surface area contributed by atoms with Crippen molar-refractivity contribution >= 4 is 130 Å². The van der Waals surface area contributed by atoms with Gasteiger partial charge in [0.05, 0.1) is 66.9 Å². The van der Waals surface area contributed by atoms with Crippen LogP contribution >= 0.6 is 0 Å². The maximum absolute atomic E-state index is 5.44. The van der Waals surface area contributed by atoms with Crippen LogP contribution < -0.4 is 0 Å². The summed E-state index contributed by atoms with van der Waals surface area (Å²) in [7, 11) is 0. The highest BCUT2D eigenvalue weighted by Gasteiger charge is 2.24. The van der Waals surface area contributed by atoms with Gasteiger partial charge < -0.3 is 9.13 Å². The first-order valence-electron chi connectivity index (χ1n) is 41.6. The van der Waals surface area contributed by atoms with Gasteiger partial charge in [-0.2, -0.15) is 0 Å². The number of nitrogens with zero attached hydrogens (tertiary/aromatic N) is 8. The van der Waals surface area contributed by atoms with E-state index in [1.165, 1.54) is 87.4 Å². The van der Waals surface area contributed by atoms with Crippen molar-refractivity contribution in [3.63, 3.8) is 0 Å². The van der Waals surface area contributed by atoms with Crippen LogP contribution in [0.25, 0.3) is 232 Å². The van der Waals surface area contributed by atoms with E-state index in [2.05, 4.69) is 455 Å². The summed E-state index contributed by atoms with van der Waals surface area (Å²) in [5, 5.41) is 18.9. The Balaban J connectivity index is 0.000000139. The fraction of sp³-hybridized carbons (Fsp3) is 0. The predicted molar refractivity (Wildman–Crippen MR) is 509 cm³/mol. The maximum Gasteiger partial charge on any atom is 0.235 e. The van der Waals surface area contributed by atoms with Crippen LogP contribution in [0.3, 0.4) is 0 Å². The molecule has 0 saturated carbocycles. The number of rotatable bonds is 11. The number of fused-ring (bicyclic) bond motifs is 16. The van der Waals surface area contributed by atoms with Gasteiger partial charge in [-0.15, -0.1) is 0 Å². The summed E-state index contributed by atoms with van der Waals surface area (Å²) in [4.78, 5) is 21.7. The highest BCUT2D eigenvalue weighted by Crippen LogP contribution is 2.44. The molecule has 0 aliphatic carbocycles. The molecule has 6 heterocycles. The molecule has 0 saturated heterocycles. The topological polar surface area (TPSA) is 71.3 Å². The predicted octanol–water partition coefficient (Wildman–Crippen LogP) is 29.6. The lowest BCUT2D eigenvalue weighted by Crippen LogP contribution is -2.04. The van der Waals surface area contributed by atoms with Crippen molar-refractivity contribution in [2.24, 2.45) is 0 Å². The zero-order valence-electron chi connectivity index (χ0n) is 66.1. The van der Waals surface area contributed by atoms with Gasteiger partial charge in [-0.05, 0) is 186 Å². The summed E-state index contributed by atoms with van der Waals surface area (Å²) >= 11 is 0. The van der Waals surface area contributed by atoms with Crippen LogP contribution in [0.1, 0.15) is 0 Å². The average molecular weight is 1550 g/mol. The van der Waals surface area contributed by atoms with E-state index in [1.54, 1.807) is 0 Å². The molecule has 0 fully saturated rings. The van der Waals surface area contributed by atoms with E-state index in [1.807, 2.05) is 0 Å². The van der Waals surface area contributed by atoms with Crippen molar-refractivity contribution in [2.75, 3.05) is 0 Å². The van der Waals surface area contributed by atoms with Crippen molar-refractivity contribution < 1.29 is 0 Å². The molecule has 0 radical (unpaired) electrons. The van der Waals surface area contributed by atoms with Gasteiger partial charge in [-0.1, -0.05) is 328 Å². The Morgan fingerprint density at radius 1 is 0.139 bits per heavy atom. The standard InChI is InChI=1S/C60H38N4.C54H34N4/c1-2-14-39(15-3-1)40-28-32-45(33-29-40)63-56-26-10-8-22-50(56)52-36-43(30-34-58(52)63)44-31-35-59-53(37-44)51-23-9-11-27-57(51)64(59)60-61-54(48-24-12-18-41-16-4-6-20-46(41)48)38-55(62-60)49-25-13-19-42-17-5-7-21-47(42)49;1-2-18-39(19-3-1)57-50-26-10-8-22-44(50)46-32-37(28-30-52(46)57)38-29-31-53-47(33-38)45-23-9-11-27-51(45)58(53)54-55-48(42-24-12-16-35-14-4-6-20-40(35)42)34-49(56-54)43-25-13-17-36-15-5-7-21-41(36)43/h1-38H;1-34H. The quantitative estimate of drug-likeness (QED) is 0.129. The monoisotopic (exact) mass is 1550 g/mol. The summed E-state index contributed by atoms with van der Waals surface area (Å²) in [5.74, 6) is 1.28. The van der Waals surface area contributed by atoms with Crippen molar-refractivity contribution in [3.8, 4) is 102 Å². The van der Waals surface area contributed by atoms with Crippen molar-refractivity contribution in [1.82, 2.24) is 38.2 Å². The molecule has 0 aliphatic heterocycles. The Morgan fingerprint density at radius 2 is 0.369 bits per heavy atom. The molecule has 0 bridgehead atoms. The molecule has 8 nitrogen and oxygen atoms in total. The van der Waals surface area contributed by atoms with E-state index in [9.17, 15) is 0 Å². The van der Waals surface area contributed by atoms with Crippen LogP contribution in [0.4, 0.5) is 0 Å². The molecule has 25 rings (SSSR count). The highest BCUT2D eigenvalue weighted by atomic mass is 15.2. The zero-order valence-corrected chi connectivity index (χ0v) is 66.1. The summed E-state index contributed by atoms with van der Waals surface area (Å²) in [6.45, 7) is 0. The van der Waals surface area contributed by atoms with Crippen LogP contribution in [-0.4, -0.2) is 38.2 Å². The molecule has 0 atom stereocenters. The minimum atomic E-state index is 0.637. The number of aromatic nitrogens is 8. The van der Waals surface area contributed by atoms with Gasteiger partial charge in [-0.3, -0.25) is 9.13 Å². The molecule has 6 aromatic heterocycles. The maximum atomic E-state index is 5.44. The van der Waals surface area contributed by atoms with Crippen molar-refractivity contribution in [3.05, 3.63) is 437 Å². The van der Waals surface area contributed by atoms with E-state index in [0.29, 0.717) is 11.9 Å². The van der Waals surface area contributed by atoms with Gasteiger partial charge in [0, 0.05) is 76.7 Å². The van der Waals surface area contributed by atoms with Crippen LogP contribution in [0.15, 0.2) is 437 Å². The largest absolute Gasteiger partial charge is 0.309 e. The second-order valence-electron chi connectivity index (χ2n) is 31.6. The lowest BCUT2D eigenvalue weighted by molar-refractivity contribution is 0.996. The minimum Gasteiger partial charge on any atom is -0.309 e. The average Bonchev–Trinajstić information content (AvgIpc) is 1.62. The summed E-state index contributed by atoms with van der Waals surface area (Å²) < 4.78 is 9.25. The molecule has 19 aromatic carbocycles. The molecule has 0 unspecified atom stereocenters. The van der Waals surface area contributed by atoms with E-state index in [-0.39, 0.29) is 0 Å². The smallest absolute Gasteiger partial charge is 0.235 e. The Hall–Kier alpha value is -16.4. The van der Waals surface area contributed by atoms with E-state index in [4.69, 9.17) is 19.9 Å². The van der Waals surface area contributed by atoms with Gasteiger partial charge >= 0.3 is 0 Å². The van der Waals surface area contributed by atoms with Gasteiger partial charge in [0.15, 0.2) is 0 Å². The summed E-state index contributed by atoms with van der Waals surface area (Å²) in [6.07, 6.45) is 0. The molecule has 0 aliphatic rings. The Labute approximate surface area is 702 Å². The SMILES string of the molecule is c1ccc(-c2ccc(-n3c4ccccc4c4cc(-c5ccc6c(c5)c5ccccc5n6-c5nc(-c6cccc7ccccc67)cc(-c6cccc7ccccc67)n5)ccc43)cc2)cc1.c1ccc(-n2c3ccccc3c3cc(-c4ccc5c(c4)c4ccccc4n5-c4nc(-c5cccc6ccccc56)cc(-c5cccc6ccccc56)n4)ccc32)cc1. The first-order valence-corrected chi connectivity index (χ1v) is 41.6. The fourth-order valence-electron chi connectivity index (χ4n) is 19.0. The normalized spacial score (nSPS) is 11.8. The summed E-state index contributed by atoms with van der Waals surface area (Å²) in [5.41, 5.74) is 26.2. The fourth-order valence-corrected chi connectivity index (χ4v) is 19.0. The van der Waals surface area contributed by atoms with Gasteiger partial charge in [0.2, 0.25) is 11.9 Å². The van der Waals surface area contributed by atoms with Crippen LogP contribution in [-0.2, 0) is 0 Å². The van der Waals surface area contributed by atoms with Gasteiger partial charge in [0.1, 0.15) is 0 Å². The van der Waals surface area contributed by atoms with E-state index >= 15 is 0 Å². The Kier molecular flexibility index (Phi) is 16.5. The number of para-hydroxylation sites is 5.